The normalized spacial score (nSPS) is 10.2. The number of anilines is 1. The number of amides is 1. The van der Waals surface area contributed by atoms with Crippen molar-refractivity contribution in [2.24, 2.45) is 0 Å². The molecule has 1 amide bonds. The highest BCUT2D eigenvalue weighted by Crippen LogP contribution is 2.14. The van der Waals surface area contributed by atoms with Gasteiger partial charge in [-0.1, -0.05) is 37.3 Å². The molecule has 1 heterocycles. The number of nitrogens with one attached hydrogen (secondary N) is 1. The van der Waals surface area contributed by atoms with Crippen molar-refractivity contribution in [2.75, 3.05) is 18.5 Å². The molecule has 0 atom stereocenters. The quantitative estimate of drug-likeness (QED) is 0.886. The highest BCUT2D eigenvalue weighted by molar-refractivity contribution is 5.92. The van der Waals surface area contributed by atoms with Crippen LogP contribution in [0.25, 0.3) is 0 Å². The van der Waals surface area contributed by atoms with Crippen molar-refractivity contribution >= 4 is 11.6 Å². The Bertz CT molecular complexity index is 566. The number of nitrogens with zero attached hydrogens (tertiary/aromatic N) is 2. The van der Waals surface area contributed by atoms with E-state index >= 15 is 0 Å². The van der Waals surface area contributed by atoms with E-state index in [1.54, 1.807) is 12.3 Å². The molecule has 0 unspecified atom stereocenters. The van der Waals surface area contributed by atoms with Crippen LogP contribution in [0.2, 0.25) is 0 Å². The van der Waals surface area contributed by atoms with Crippen molar-refractivity contribution in [3.63, 3.8) is 0 Å². The molecule has 0 saturated carbocycles. The van der Waals surface area contributed by atoms with Crippen LogP contribution in [0.5, 0.6) is 0 Å². The van der Waals surface area contributed by atoms with Crippen LogP contribution in [-0.4, -0.2) is 24.5 Å². The number of hydrogen-bond acceptors (Lipinski definition) is 3. The Kier molecular flexibility index (Phi) is 5.32. The van der Waals surface area contributed by atoms with Gasteiger partial charge in [0, 0.05) is 20.1 Å². The lowest BCUT2D eigenvalue weighted by Crippen LogP contribution is -2.25. The van der Waals surface area contributed by atoms with Crippen molar-refractivity contribution in [2.45, 2.75) is 19.9 Å². The molecule has 0 aliphatic carbocycles. The van der Waals surface area contributed by atoms with Gasteiger partial charge in [0.05, 0.1) is 11.9 Å². The second kappa shape index (κ2) is 7.43. The Labute approximate surface area is 125 Å². The second-order valence-corrected chi connectivity index (χ2v) is 5.00. The van der Waals surface area contributed by atoms with Gasteiger partial charge in [-0.25, -0.2) is 4.98 Å². The number of hydrogen-bond donors (Lipinski definition) is 1. The number of carbonyl (C=O) groups excluding carboxylic acids is 1. The van der Waals surface area contributed by atoms with Crippen molar-refractivity contribution in [3.05, 3.63) is 59.9 Å². The van der Waals surface area contributed by atoms with Gasteiger partial charge < -0.3 is 10.2 Å². The van der Waals surface area contributed by atoms with E-state index in [0.717, 1.165) is 18.7 Å². The molecule has 2 aromatic rings. The molecule has 0 radical (unpaired) electrons. The van der Waals surface area contributed by atoms with Gasteiger partial charge in [-0.3, -0.25) is 4.79 Å². The number of aromatic nitrogens is 1. The Morgan fingerprint density at radius 3 is 2.57 bits per heavy atom. The minimum absolute atomic E-state index is 0.117. The van der Waals surface area contributed by atoms with Gasteiger partial charge in [-0.15, -0.1) is 0 Å². The van der Waals surface area contributed by atoms with Crippen LogP contribution in [0.4, 0.5) is 5.69 Å². The van der Waals surface area contributed by atoms with E-state index in [1.165, 1.54) is 5.56 Å². The summed E-state index contributed by atoms with van der Waals surface area (Å²) in [6.45, 7) is 3.51. The molecule has 0 bridgehead atoms. The topological polar surface area (TPSA) is 45.2 Å². The van der Waals surface area contributed by atoms with Crippen LogP contribution < -0.4 is 10.2 Å². The summed E-state index contributed by atoms with van der Waals surface area (Å²) in [5.41, 5.74) is 2.69. The largest absolute Gasteiger partial charge is 0.369 e. The number of pyridine rings is 1. The molecule has 2 rings (SSSR count). The number of carbonyl (C=O) groups is 1. The first-order chi connectivity index (χ1) is 10.2. The van der Waals surface area contributed by atoms with Crippen LogP contribution in [0.3, 0.4) is 0 Å². The minimum Gasteiger partial charge on any atom is -0.369 e. The monoisotopic (exact) mass is 283 g/mol. The SMILES string of the molecule is CCCNC(=O)c1ccc(N(C)Cc2ccccc2)cn1. The third kappa shape index (κ3) is 4.31. The molecule has 4 heteroatoms. The van der Waals surface area contributed by atoms with E-state index in [4.69, 9.17) is 0 Å². The average molecular weight is 283 g/mol. The number of rotatable bonds is 6. The summed E-state index contributed by atoms with van der Waals surface area (Å²) in [5.74, 6) is -0.117. The molecule has 1 N–H and O–H groups in total. The molecule has 0 aliphatic heterocycles. The van der Waals surface area contributed by atoms with Crippen molar-refractivity contribution in [1.82, 2.24) is 10.3 Å². The second-order valence-electron chi connectivity index (χ2n) is 5.00. The zero-order chi connectivity index (χ0) is 15.1. The van der Waals surface area contributed by atoms with Gasteiger partial charge in [0.25, 0.3) is 5.91 Å². The Balaban J connectivity index is 1.99. The maximum absolute atomic E-state index is 11.8. The Morgan fingerprint density at radius 1 is 1.19 bits per heavy atom. The highest BCUT2D eigenvalue weighted by Gasteiger charge is 2.07. The molecule has 1 aromatic carbocycles. The lowest BCUT2D eigenvalue weighted by molar-refractivity contribution is 0.0948. The molecule has 0 saturated heterocycles. The van der Waals surface area contributed by atoms with Gasteiger partial charge in [0.1, 0.15) is 5.69 Å². The summed E-state index contributed by atoms with van der Waals surface area (Å²) in [6.07, 6.45) is 2.66. The van der Waals surface area contributed by atoms with E-state index in [1.807, 2.05) is 38.2 Å². The molecular weight excluding hydrogens is 262 g/mol. The number of benzene rings is 1. The van der Waals surface area contributed by atoms with E-state index in [2.05, 4.69) is 27.3 Å². The maximum atomic E-state index is 11.8. The summed E-state index contributed by atoms with van der Waals surface area (Å²) in [5, 5.41) is 2.82. The summed E-state index contributed by atoms with van der Waals surface area (Å²) in [7, 11) is 2.01. The summed E-state index contributed by atoms with van der Waals surface area (Å²) >= 11 is 0. The molecule has 21 heavy (non-hydrogen) atoms. The zero-order valence-corrected chi connectivity index (χ0v) is 12.5. The smallest absolute Gasteiger partial charge is 0.269 e. The molecular formula is C17H21N3O. The molecule has 0 aliphatic rings. The van der Waals surface area contributed by atoms with Crippen LogP contribution >= 0.6 is 0 Å². The van der Waals surface area contributed by atoms with Gasteiger partial charge in [0.15, 0.2) is 0 Å². The van der Waals surface area contributed by atoms with Crippen molar-refractivity contribution in [3.8, 4) is 0 Å². The zero-order valence-electron chi connectivity index (χ0n) is 12.5. The van der Waals surface area contributed by atoms with Crippen LogP contribution in [-0.2, 0) is 6.54 Å². The standard InChI is InChI=1S/C17H21N3O/c1-3-11-18-17(21)16-10-9-15(12-19-16)20(2)13-14-7-5-4-6-8-14/h4-10,12H,3,11,13H2,1-2H3,(H,18,21). The molecule has 110 valence electrons. The molecule has 0 spiro atoms. The fraction of sp³-hybridized carbons (Fsp3) is 0.294. The van der Waals surface area contributed by atoms with E-state index in [0.29, 0.717) is 12.2 Å². The van der Waals surface area contributed by atoms with Gasteiger partial charge in [0.2, 0.25) is 0 Å². The third-order valence-corrected chi connectivity index (χ3v) is 3.22. The van der Waals surface area contributed by atoms with Crippen LogP contribution in [0, 0.1) is 0 Å². The third-order valence-electron chi connectivity index (χ3n) is 3.22. The summed E-state index contributed by atoms with van der Waals surface area (Å²) < 4.78 is 0. The predicted molar refractivity (Wildman–Crippen MR) is 85.4 cm³/mol. The molecule has 4 nitrogen and oxygen atoms in total. The molecule has 0 fully saturated rings. The van der Waals surface area contributed by atoms with E-state index < -0.39 is 0 Å². The Hall–Kier alpha value is -2.36. The predicted octanol–water partition coefficient (Wildman–Crippen LogP) is 2.86. The van der Waals surface area contributed by atoms with Crippen molar-refractivity contribution < 1.29 is 4.79 Å². The Morgan fingerprint density at radius 2 is 1.95 bits per heavy atom. The molecule has 1 aromatic heterocycles. The first-order valence-corrected chi connectivity index (χ1v) is 7.20. The fourth-order valence-corrected chi connectivity index (χ4v) is 2.02. The summed E-state index contributed by atoms with van der Waals surface area (Å²) in [4.78, 5) is 18.1. The van der Waals surface area contributed by atoms with Gasteiger partial charge >= 0.3 is 0 Å². The first-order valence-electron chi connectivity index (χ1n) is 7.20. The first kappa shape index (κ1) is 15.0. The van der Waals surface area contributed by atoms with Gasteiger partial charge in [-0.05, 0) is 24.1 Å². The van der Waals surface area contributed by atoms with Crippen LogP contribution in [0.15, 0.2) is 48.7 Å². The fourth-order valence-electron chi connectivity index (χ4n) is 2.02. The van der Waals surface area contributed by atoms with Crippen molar-refractivity contribution in [1.29, 1.82) is 0 Å². The van der Waals surface area contributed by atoms with E-state index in [9.17, 15) is 4.79 Å². The van der Waals surface area contributed by atoms with E-state index in [-0.39, 0.29) is 5.91 Å². The lowest BCUT2D eigenvalue weighted by Gasteiger charge is -2.19. The maximum Gasteiger partial charge on any atom is 0.269 e. The highest BCUT2D eigenvalue weighted by atomic mass is 16.1. The lowest BCUT2D eigenvalue weighted by atomic mass is 10.2. The average Bonchev–Trinajstić information content (AvgIpc) is 2.53. The van der Waals surface area contributed by atoms with Crippen LogP contribution in [0.1, 0.15) is 29.4 Å². The summed E-state index contributed by atoms with van der Waals surface area (Å²) in [6, 6.07) is 13.9. The minimum atomic E-state index is -0.117. The van der Waals surface area contributed by atoms with Gasteiger partial charge in [-0.2, -0.15) is 0 Å².